The van der Waals surface area contributed by atoms with Crippen LogP contribution in [0.3, 0.4) is 0 Å². The van der Waals surface area contributed by atoms with Gasteiger partial charge in [-0.15, -0.1) is 12.4 Å². The Morgan fingerprint density at radius 1 is 1.39 bits per heavy atom. The van der Waals surface area contributed by atoms with Crippen LogP contribution < -0.4 is 11.1 Å². The lowest BCUT2D eigenvalue weighted by Gasteiger charge is -2.10. The molecule has 3 nitrogen and oxygen atoms in total. The van der Waals surface area contributed by atoms with Gasteiger partial charge in [0.2, 0.25) is 5.91 Å². The van der Waals surface area contributed by atoms with Gasteiger partial charge in [0.15, 0.2) is 0 Å². The first-order valence-corrected chi connectivity index (χ1v) is 5.47. The number of carbonyl (C=O) groups is 1. The van der Waals surface area contributed by atoms with Crippen molar-refractivity contribution in [2.45, 2.75) is 13.3 Å². The number of hydrogen-bond donors (Lipinski definition) is 2. The van der Waals surface area contributed by atoms with E-state index >= 15 is 0 Å². The van der Waals surface area contributed by atoms with Gasteiger partial charge < -0.3 is 11.1 Å². The molecular weight excluding hydrogens is 262 g/mol. The van der Waals surface area contributed by atoms with Crippen molar-refractivity contribution in [3.05, 3.63) is 35.4 Å². The minimum atomic E-state index is -0.592. The molecule has 0 aliphatic rings. The van der Waals surface area contributed by atoms with Gasteiger partial charge in [-0.2, -0.15) is 0 Å². The molecule has 0 fully saturated rings. The summed E-state index contributed by atoms with van der Waals surface area (Å²) in [6, 6.07) is 3.70. The SMILES string of the molecule is CC(CN)C(=O)NCCc1c(F)cccc1F.Cl. The van der Waals surface area contributed by atoms with Gasteiger partial charge in [0, 0.05) is 24.6 Å². The molecule has 1 atom stereocenters. The molecule has 0 aliphatic carbocycles. The largest absolute Gasteiger partial charge is 0.355 e. The zero-order valence-corrected chi connectivity index (χ0v) is 10.9. The smallest absolute Gasteiger partial charge is 0.224 e. The summed E-state index contributed by atoms with van der Waals surface area (Å²) < 4.78 is 26.5. The van der Waals surface area contributed by atoms with Crippen LogP contribution in [0.2, 0.25) is 0 Å². The number of amides is 1. The van der Waals surface area contributed by atoms with Crippen molar-refractivity contribution in [2.75, 3.05) is 13.1 Å². The topological polar surface area (TPSA) is 55.1 Å². The van der Waals surface area contributed by atoms with Crippen molar-refractivity contribution < 1.29 is 13.6 Å². The lowest BCUT2D eigenvalue weighted by atomic mass is 10.1. The van der Waals surface area contributed by atoms with Crippen LogP contribution in [0, 0.1) is 17.6 Å². The molecule has 1 aromatic rings. The highest BCUT2D eigenvalue weighted by molar-refractivity contribution is 5.85. The monoisotopic (exact) mass is 278 g/mol. The van der Waals surface area contributed by atoms with Crippen LogP contribution in [0.1, 0.15) is 12.5 Å². The minimum Gasteiger partial charge on any atom is -0.355 e. The molecule has 0 saturated heterocycles. The summed E-state index contributed by atoms with van der Waals surface area (Å²) in [7, 11) is 0. The summed E-state index contributed by atoms with van der Waals surface area (Å²) in [4.78, 5) is 11.4. The molecule has 1 rings (SSSR count). The number of nitrogens with one attached hydrogen (secondary N) is 1. The third kappa shape index (κ3) is 4.58. The third-order valence-corrected chi connectivity index (χ3v) is 2.54. The van der Waals surface area contributed by atoms with Crippen molar-refractivity contribution in [3.8, 4) is 0 Å². The van der Waals surface area contributed by atoms with Crippen molar-refractivity contribution in [1.82, 2.24) is 5.32 Å². The molecule has 6 heteroatoms. The Kier molecular flexibility index (Phi) is 7.47. The Morgan fingerprint density at radius 2 is 1.94 bits per heavy atom. The quantitative estimate of drug-likeness (QED) is 0.860. The van der Waals surface area contributed by atoms with Crippen LogP contribution in [0.15, 0.2) is 18.2 Å². The minimum absolute atomic E-state index is 0. The standard InChI is InChI=1S/C12H16F2N2O.ClH/c1-8(7-15)12(17)16-6-5-9-10(13)3-2-4-11(9)14;/h2-4,8H,5-7,15H2,1H3,(H,16,17);1H. The normalized spacial score (nSPS) is 11.6. The van der Waals surface area contributed by atoms with Crippen LogP contribution in [-0.4, -0.2) is 19.0 Å². The summed E-state index contributed by atoms with van der Waals surface area (Å²) in [6.45, 7) is 2.14. The second-order valence-electron chi connectivity index (χ2n) is 3.88. The Bertz CT molecular complexity index is 381. The Hall–Kier alpha value is -1.20. The van der Waals surface area contributed by atoms with Gasteiger partial charge in [-0.3, -0.25) is 4.79 Å². The van der Waals surface area contributed by atoms with E-state index in [1.807, 2.05) is 0 Å². The third-order valence-electron chi connectivity index (χ3n) is 2.54. The summed E-state index contributed by atoms with van der Waals surface area (Å²) >= 11 is 0. The zero-order chi connectivity index (χ0) is 12.8. The molecule has 0 aromatic heterocycles. The van der Waals surface area contributed by atoms with Crippen molar-refractivity contribution in [3.63, 3.8) is 0 Å². The maximum absolute atomic E-state index is 13.2. The molecule has 1 amide bonds. The Labute approximate surface area is 111 Å². The summed E-state index contributed by atoms with van der Waals surface area (Å²) in [5, 5.41) is 2.58. The van der Waals surface area contributed by atoms with E-state index in [9.17, 15) is 13.6 Å². The van der Waals surface area contributed by atoms with Gasteiger partial charge >= 0.3 is 0 Å². The predicted molar refractivity (Wildman–Crippen MR) is 68.5 cm³/mol. The highest BCUT2D eigenvalue weighted by Gasteiger charge is 2.11. The molecular formula is C12H17ClF2N2O. The number of carbonyl (C=O) groups excluding carboxylic acids is 1. The molecule has 0 aliphatic heterocycles. The number of nitrogens with two attached hydrogens (primary N) is 1. The maximum Gasteiger partial charge on any atom is 0.224 e. The fraction of sp³-hybridized carbons (Fsp3) is 0.417. The summed E-state index contributed by atoms with van der Waals surface area (Å²) in [6.07, 6.45) is 0.127. The molecule has 0 heterocycles. The fourth-order valence-electron chi connectivity index (χ4n) is 1.36. The number of rotatable bonds is 5. The second kappa shape index (κ2) is 8.00. The van der Waals surface area contributed by atoms with Gasteiger partial charge in [0.25, 0.3) is 0 Å². The lowest BCUT2D eigenvalue weighted by Crippen LogP contribution is -2.34. The van der Waals surface area contributed by atoms with Gasteiger partial charge in [-0.05, 0) is 18.6 Å². The summed E-state index contributed by atoms with van der Waals surface area (Å²) in [5.74, 6) is -1.68. The summed E-state index contributed by atoms with van der Waals surface area (Å²) in [5.41, 5.74) is 5.32. The molecule has 102 valence electrons. The van der Waals surface area contributed by atoms with E-state index < -0.39 is 11.6 Å². The Balaban J connectivity index is 0.00000289. The van der Waals surface area contributed by atoms with Crippen LogP contribution >= 0.6 is 12.4 Å². The van der Waals surface area contributed by atoms with Gasteiger partial charge in [0.1, 0.15) is 11.6 Å². The zero-order valence-electron chi connectivity index (χ0n) is 10.1. The molecule has 0 saturated carbocycles. The van der Waals surface area contributed by atoms with Gasteiger partial charge in [-0.1, -0.05) is 13.0 Å². The van der Waals surface area contributed by atoms with Crippen molar-refractivity contribution >= 4 is 18.3 Å². The van der Waals surface area contributed by atoms with Crippen molar-refractivity contribution in [1.29, 1.82) is 0 Å². The average Bonchev–Trinajstić information content (AvgIpc) is 2.31. The van der Waals surface area contributed by atoms with E-state index in [2.05, 4.69) is 5.32 Å². The molecule has 0 spiro atoms. The van der Waals surface area contributed by atoms with E-state index in [0.717, 1.165) is 0 Å². The predicted octanol–water partition coefficient (Wildman–Crippen LogP) is 1.64. The van der Waals surface area contributed by atoms with E-state index in [1.165, 1.54) is 18.2 Å². The number of hydrogen-bond acceptors (Lipinski definition) is 2. The fourth-order valence-corrected chi connectivity index (χ4v) is 1.36. The maximum atomic E-state index is 13.2. The first kappa shape index (κ1) is 16.8. The molecule has 1 aromatic carbocycles. The van der Waals surface area contributed by atoms with Gasteiger partial charge in [0.05, 0.1) is 0 Å². The van der Waals surface area contributed by atoms with Crippen molar-refractivity contribution in [2.24, 2.45) is 11.7 Å². The Morgan fingerprint density at radius 3 is 2.44 bits per heavy atom. The number of halogens is 3. The molecule has 0 radical (unpaired) electrons. The highest BCUT2D eigenvalue weighted by atomic mass is 35.5. The molecule has 1 unspecified atom stereocenters. The van der Waals surface area contributed by atoms with Crippen LogP contribution in [0.5, 0.6) is 0 Å². The second-order valence-corrected chi connectivity index (χ2v) is 3.88. The first-order valence-electron chi connectivity index (χ1n) is 5.47. The van der Waals surface area contributed by atoms with Gasteiger partial charge in [-0.25, -0.2) is 8.78 Å². The first-order chi connectivity index (χ1) is 8.06. The molecule has 0 bridgehead atoms. The van der Waals surface area contributed by atoms with E-state index in [4.69, 9.17) is 5.73 Å². The van der Waals surface area contributed by atoms with E-state index in [0.29, 0.717) is 0 Å². The van der Waals surface area contributed by atoms with Crippen LogP contribution in [0.25, 0.3) is 0 Å². The van der Waals surface area contributed by atoms with Crippen LogP contribution in [0.4, 0.5) is 8.78 Å². The van der Waals surface area contributed by atoms with E-state index in [-0.39, 0.29) is 49.3 Å². The average molecular weight is 279 g/mol. The van der Waals surface area contributed by atoms with Crippen LogP contribution in [-0.2, 0) is 11.2 Å². The molecule has 3 N–H and O–H groups in total. The van der Waals surface area contributed by atoms with E-state index in [1.54, 1.807) is 6.92 Å². The highest BCUT2D eigenvalue weighted by Crippen LogP contribution is 2.12. The molecule has 18 heavy (non-hydrogen) atoms. The number of benzene rings is 1. The lowest BCUT2D eigenvalue weighted by molar-refractivity contribution is -0.124.